The monoisotopic (exact) mass is 334 g/mol. The molecule has 0 fully saturated rings. The molecule has 0 unspecified atom stereocenters. The fourth-order valence-electron chi connectivity index (χ4n) is 2.01. The summed E-state index contributed by atoms with van der Waals surface area (Å²) in [6, 6.07) is 7.71. The van der Waals surface area contributed by atoms with Crippen molar-refractivity contribution in [1.29, 1.82) is 0 Å². The van der Waals surface area contributed by atoms with Gasteiger partial charge >= 0.3 is 0 Å². The lowest BCUT2D eigenvalue weighted by Gasteiger charge is -2.15. The Kier molecular flexibility index (Phi) is 4.24. The van der Waals surface area contributed by atoms with Gasteiger partial charge in [-0.15, -0.1) is 5.10 Å². The third-order valence-electron chi connectivity index (χ3n) is 3.21. The van der Waals surface area contributed by atoms with E-state index >= 15 is 0 Å². The van der Waals surface area contributed by atoms with Crippen LogP contribution < -0.4 is 15.2 Å². The van der Waals surface area contributed by atoms with Gasteiger partial charge < -0.3 is 9.64 Å². The normalized spacial score (nSPS) is 10.9. The predicted octanol–water partition coefficient (Wildman–Crippen LogP) is 2.11. The molecule has 0 aliphatic rings. The summed E-state index contributed by atoms with van der Waals surface area (Å²) in [5.41, 5.74) is 0.460. The van der Waals surface area contributed by atoms with Crippen LogP contribution in [0, 0.1) is 12.7 Å². The van der Waals surface area contributed by atoms with Crippen LogP contribution in [0.3, 0.4) is 0 Å². The van der Waals surface area contributed by atoms with Crippen molar-refractivity contribution in [3.63, 3.8) is 0 Å². The van der Waals surface area contributed by atoms with Gasteiger partial charge in [0.15, 0.2) is 11.6 Å². The molecule has 1 aromatic carbocycles. The van der Waals surface area contributed by atoms with Gasteiger partial charge in [0.2, 0.25) is 10.1 Å². The lowest BCUT2D eigenvalue weighted by atomic mass is 10.3. The van der Waals surface area contributed by atoms with Crippen molar-refractivity contribution in [3.05, 3.63) is 52.2 Å². The summed E-state index contributed by atoms with van der Waals surface area (Å²) in [5, 5.41) is 4.90. The number of hydrogen-bond acceptors (Lipinski definition) is 6. The van der Waals surface area contributed by atoms with E-state index < -0.39 is 0 Å². The van der Waals surface area contributed by atoms with E-state index in [0.29, 0.717) is 28.9 Å². The molecule has 0 amide bonds. The van der Waals surface area contributed by atoms with Crippen molar-refractivity contribution in [3.8, 4) is 5.75 Å². The van der Waals surface area contributed by atoms with Gasteiger partial charge in [0.05, 0.1) is 6.54 Å². The highest BCUT2D eigenvalue weighted by molar-refractivity contribution is 7.20. The molecule has 6 nitrogen and oxygen atoms in total. The molecule has 0 bridgehead atoms. The molecule has 0 aliphatic heterocycles. The van der Waals surface area contributed by atoms with Gasteiger partial charge in [0.25, 0.3) is 5.56 Å². The first kappa shape index (κ1) is 15.4. The number of ether oxygens (including phenoxy) is 1. The third-order valence-corrected chi connectivity index (χ3v) is 4.23. The minimum Gasteiger partial charge on any atom is -0.489 e. The van der Waals surface area contributed by atoms with Crippen molar-refractivity contribution < 1.29 is 9.13 Å². The number of fused-ring (bicyclic) bond motifs is 1. The number of benzene rings is 1. The van der Waals surface area contributed by atoms with Gasteiger partial charge in [-0.2, -0.15) is 4.52 Å². The van der Waals surface area contributed by atoms with Crippen LogP contribution in [-0.2, 0) is 0 Å². The first-order chi connectivity index (χ1) is 11.0. The van der Waals surface area contributed by atoms with Crippen molar-refractivity contribution in [1.82, 2.24) is 14.6 Å². The smallest absolute Gasteiger partial charge is 0.275 e. The van der Waals surface area contributed by atoms with Gasteiger partial charge in [0.1, 0.15) is 6.61 Å². The number of aromatic nitrogens is 3. The summed E-state index contributed by atoms with van der Waals surface area (Å²) in [6.07, 6.45) is 0. The van der Waals surface area contributed by atoms with Crippen molar-refractivity contribution in [2.24, 2.45) is 0 Å². The first-order valence-electron chi connectivity index (χ1n) is 7.00. The fraction of sp³-hybridized carbons (Fsp3) is 0.267. The summed E-state index contributed by atoms with van der Waals surface area (Å²) in [7, 11) is 1.83. The lowest BCUT2D eigenvalue weighted by Crippen LogP contribution is -2.24. The lowest BCUT2D eigenvalue weighted by molar-refractivity contribution is 0.309. The molecular weight excluding hydrogens is 319 g/mol. The minimum atomic E-state index is -0.388. The van der Waals surface area contributed by atoms with Crippen molar-refractivity contribution >= 4 is 21.4 Å². The summed E-state index contributed by atoms with van der Waals surface area (Å²) < 4.78 is 20.2. The largest absolute Gasteiger partial charge is 0.489 e. The molecule has 0 N–H and O–H groups in total. The second kappa shape index (κ2) is 6.33. The molecule has 2 heterocycles. The highest BCUT2D eigenvalue weighted by Crippen LogP contribution is 2.20. The Morgan fingerprint density at radius 3 is 2.96 bits per heavy atom. The van der Waals surface area contributed by atoms with E-state index in [2.05, 4.69) is 10.1 Å². The number of halogens is 1. The summed E-state index contributed by atoms with van der Waals surface area (Å²) >= 11 is 1.32. The maximum absolute atomic E-state index is 13.5. The quantitative estimate of drug-likeness (QED) is 0.715. The average molecular weight is 334 g/mol. The van der Waals surface area contributed by atoms with Gasteiger partial charge in [-0.05, 0) is 19.1 Å². The second-order valence-corrected chi connectivity index (χ2v) is 5.95. The van der Waals surface area contributed by atoms with E-state index in [1.807, 2.05) is 11.9 Å². The van der Waals surface area contributed by atoms with Gasteiger partial charge in [-0.25, -0.2) is 9.37 Å². The minimum absolute atomic E-state index is 0.203. The molecule has 0 aliphatic carbocycles. The van der Waals surface area contributed by atoms with Crippen LogP contribution in [0.1, 0.15) is 5.69 Å². The molecular formula is C15H15FN4O2S. The van der Waals surface area contributed by atoms with E-state index in [0.717, 1.165) is 0 Å². The Morgan fingerprint density at radius 2 is 2.17 bits per heavy atom. The van der Waals surface area contributed by atoms with Crippen LogP contribution in [0.5, 0.6) is 5.75 Å². The number of anilines is 1. The Bertz CT molecular complexity index is 893. The average Bonchev–Trinajstić information content (AvgIpc) is 2.93. The highest BCUT2D eigenvalue weighted by atomic mass is 32.1. The fourth-order valence-corrected chi connectivity index (χ4v) is 2.95. The van der Waals surface area contributed by atoms with Crippen LogP contribution in [-0.4, -0.2) is 34.8 Å². The zero-order valence-corrected chi connectivity index (χ0v) is 13.5. The molecule has 0 saturated heterocycles. The van der Waals surface area contributed by atoms with E-state index in [1.165, 1.54) is 28.0 Å². The number of aryl methyl sites for hydroxylation is 1. The molecule has 3 rings (SSSR count). The molecule has 23 heavy (non-hydrogen) atoms. The van der Waals surface area contributed by atoms with Crippen LogP contribution in [0.25, 0.3) is 4.96 Å². The molecule has 2 aromatic heterocycles. The molecule has 120 valence electrons. The van der Waals surface area contributed by atoms with E-state index in [1.54, 1.807) is 25.1 Å². The van der Waals surface area contributed by atoms with E-state index in [-0.39, 0.29) is 17.1 Å². The molecule has 3 aromatic rings. The summed E-state index contributed by atoms with van der Waals surface area (Å²) in [4.78, 5) is 18.5. The molecule has 0 radical (unpaired) electrons. The zero-order valence-electron chi connectivity index (χ0n) is 12.7. The van der Waals surface area contributed by atoms with Gasteiger partial charge in [-0.1, -0.05) is 23.5 Å². The maximum atomic E-state index is 13.5. The molecule has 0 spiro atoms. The van der Waals surface area contributed by atoms with Crippen molar-refractivity contribution in [2.45, 2.75) is 6.92 Å². The number of likely N-dealkylation sites (N-methyl/N-ethyl adjacent to an activating group) is 1. The maximum Gasteiger partial charge on any atom is 0.275 e. The Hall–Kier alpha value is -2.48. The van der Waals surface area contributed by atoms with Crippen LogP contribution in [0.2, 0.25) is 0 Å². The zero-order chi connectivity index (χ0) is 16.4. The standard InChI is InChI=1S/C15H15FN4O2S/c1-10-9-13(21)20-14(17-10)23-15(18-20)19(2)7-8-22-12-6-4-3-5-11(12)16/h3-6,9H,7-8H2,1-2H3. The summed E-state index contributed by atoms with van der Waals surface area (Å²) in [5.74, 6) is -0.167. The Morgan fingerprint density at radius 1 is 1.39 bits per heavy atom. The predicted molar refractivity (Wildman–Crippen MR) is 87.0 cm³/mol. The second-order valence-electron chi connectivity index (χ2n) is 5.02. The van der Waals surface area contributed by atoms with Crippen LogP contribution in [0.15, 0.2) is 35.1 Å². The van der Waals surface area contributed by atoms with E-state index in [9.17, 15) is 9.18 Å². The number of nitrogens with zero attached hydrogens (tertiary/aromatic N) is 4. The topological polar surface area (TPSA) is 59.7 Å². The van der Waals surface area contributed by atoms with Crippen LogP contribution >= 0.6 is 11.3 Å². The molecule has 0 saturated carbocycles. The third kappa shape index (κ3) is 3.31. The Balaban J connectivity index is 1.69. The molecule has 8 heteroatoms. The Labute approximate surface area is 135 Å². The van der Waals surface area contributed by atoms with Gasteiger partial charge in [0, 0.05) is 18.8 Å². The number of rotatable bonds is 5. The molecule has 0 atom stereocenters. The van der Waals surface area contributed by atoms with Crippen molar-refractivity contribution in [2.75, 3.05) is 25.1 Å². The number of para-hydroxylation sites is 1. The summed E-state index contributed by atoms with van der Waals surface area (Å²) in [6.45, 7) is 2.57. The van der Waals surface area contributed by atoms with E-state index in [4.69, 9.17) is 4.74 Å². The first-order valence-corrected chi connectivity index (χ1v) is 7.82. The SMILES string of the molecule is Cc1cc(=O)n2nc(N(C)CCOc3ccccc3F)sc2n1. The van der Waals surface area contributed by atoms with Crippen LogP contribution in [0.4, 0.5) is 9.52 Å². The number of hydrogen-bond donors (Lipinski definition) is 0. The van der Waals surface area contributed by atoms with Gasteiger partial charge in [-0.3, -0.25) is 4.79 Å². The highest BCUT2D eigenvalue weighted by Gasteiger charge is 2.11.